The summed E-state index contributed by atoms with van der Waals surface area (Å²) in [6.45, 7) is 3.29. The number of hydrogen-bond donors (Lipinski definition) is 1. The van der Waals surface area contributed by atoms with Crippen LogP contribution >= 0.6 is 11.6 Å². The van der Waals surface area contributed by atoms with Gasteiger partial charge in [0.25, 0.3) is 11.6 Å². The third kappa shape index (κ3) is 5.97. The number of alkyl halides is 3. The molecule has 4 rings (SSSR count). The van der Waals surface area contributed by atoms with Crippen LogP contribution in [0.5, 0.6) is 5.75 Å². The van der Waals surface area contributed by atoms with Crippen molar-refractivity contribution >= 4 is 28.9 Å². The number of nitrogens with one attached hydrogen (secondary N) is 1. The topological polar surface area (TPSA) is 112 Å². The van der Waals surface area contributed by atoms with Gasteiger partial charge in [-0.15, -0.1) is 0 Å². The molecule has 2 heterocycles. The van der Waals surface area contributed by atoms with Gasteiger partial charge in [0.2, 0.25) is 0 Å². The highest BCUT2D eigenvalue weighted by Gasteiger charge is 2.30. The number of aromatic nitrogens is 2. The third-order valence-electron chi connectivity index (χ3n) is 5.59. The van der Waals surface area contributed by atoms with E-state index in [9.17, 15) is 28.1 Å². The molecule has 0 aliphatic carbocycles. The first-order chi connectivity index (χ1) is 17.9. The second-order valence-electron chi connectivity index (χ2n) is 8.28. The molecular weight excluding hydrogens is 529 g/mol. The molecule has 0 saturated heterocycles. The average Bonchev–Trinajstić information content (AvgIpc) is 3.43. The number of rotatable bonds is 8. The fraction of sp³-hybridized carbons (Fsp3) is 0.200. The SMILES string of the molecule is Cc1nn(Cc2cccc(C(F)(F)F)c2)c(C)c1NC(=O)c1ccc(COc2cc([N+](=O)[O-])ccc2Cl)o1. The number of ether oxygens (including phenoxy) is 1. The van der Waals surface area contributed by atoms with Crippen molar-refractivity contribution in [3.8, 4) is 5.75 Å². The molecule has 1 amide bonds. The summed E-state index contributed by atoms with van der Waals surface area (Å²) in [5, 5.41) is 18.2. The van der Waals surface area contributed by atoms with Gasteiger partial charge >= 0.3 is 6.18 Å². The molecular formula is C25H20ClF3N4O5. The van der Waals surface area contributed by atoms with Crippen LogP contribution in [0.4, 0.5) is 24.5 Å². The predicted octanol–water partition coefficient (Wildman–Crippen LogP) is 6.55. The molecule has 0 unspecified atom stereocenters. The van der Waals surface area contributed by atoms with Gasteiger partial charge in [-0.2, -0.15) is 18.3 Å². The fourth-order valence-corrected chi connectivity index (χ4v) is 3.84. The zero-order valence-electron chi connectivity index (χ0n) is 20.0. The summed E-state index contributed by atoms with van der Waals surface area (Å²) in [4.78, 5) is 23.2. The lowest BCUT2D eigenvalue weighted by Gasteiger charge is -2.10. The molecule has 0 aliphatic heterocycles. The second kappa shape index (κ2) is 10.6. The molecule has 4 aromatic rings. The van der Waals surface area contributed by atoms with Crippen LogP contribution in [0.1, 0.15) is 38.8 Å². The Hall–Kier alpha value is -4.32. The van der Waals surface area contributed by atoms with Crippen LogP contribution in [-0.4, -0.2) is 20.6 Å². The van der Waals surface area contributed by atoms with E-state index >= 15 is 0 Å². The smallest absolute Gasteiger partial charge is 0.416 e. The number of aryl methyl sites for hydroxylation is 1. The molecule has 0 fully saturated rings. The number of benzene rings is 2. The number of hydrogen-bond acceptors (Lipinski definition) is 6. The van der Waals surface area contributed by atoms with Gasteiger partial charge in [-0.3, -0.25) is 19.6 Å². The Morgan fingerprint density at radius 2 is 1.95 bits per heavy atom. The third-order valence-corrected chi connectivity index (χ3v) is 5.90. The molecule has 0 atom stereocenters. The van der Waals surface area contributed by atoms with E-state index in [0.29, 0.717) is 22.6 Å². The van der Waals surface area contributed by atoms with E-state index in [0.717, 1.165) is 12.1 Å². The molecule has 0 spiro atoms. The highest BCUT2D eigenvalue weighted by molar-refractivity contribution is 6.32. The van der Waals surface area contributed by atoms with E-state index < -0.39 is 22.6 Å². The van der Waals surface area contributed by atoms with Gasteiger partial charge in [0.15, 0.2) is 5.76 Å². The Morgan fingerprint density at radius 1 is 1.18 bits per heavy atom. The molecule has 0 bridgehead atoms. The van der Waals surface area contributed by atoms with E-state index in [1.807, 2.05) is 0 Å². The maximum absolute atomic E-state index is 13.0. The standard InChI is InChI=1S/C25H20ClF3N4O5/c1-14-23(15(2)32(31-14)12-16-4-3-5-17(10-16)25(27,28)29)30-24(34)21-9-7-19(38-21)13-37-22-11-18(33(35)36)6-8-20(22)26/h3-11H,12-13H2,1-2H3,(H,30,34). The number of amides is 1. The molecule has 0 saturated carbocycles. The van der Waals surface area contributed by atoms with E-state index in [-0.39, 0.29) is 41.1 Å². The van der Waals surface area contributed by atoms with Crippen LogP contribution in [-0.2, 0) is 19.3 Å². The van der Waals surface area contributed by atoms with Crippen LogP contribution in [0.25, 0.3) is 0 Å². The molecule has 0 radical (unpaired) electrons. The monoisotopic (exact) mass is 548 g/mol. The van der Waals surface area contributed by atoms with E-state index in [1.165, 1.54) is 41.1 Å². The highest BCUT2D eigenvalue weighted by atomic mass is 35.5. The lowest BCUT2D eigenvalue weighted by atomic mass is 10.1. The first kappa shape index (κ1) is 26.7. The van der Waals surface area contributed by atoms with Crippen LogP contribution in [0.2, 0.25) is 5.02 Å². The van der Waals surface area contributed by atoms with E-state index in [1.54, 1.807) is 19.9 Å². The zero-order valence-corrected chi connectivity index (χ0v) is 20.8. The van der Waals surface area contributed by atoms with Gasteiger partial charge in [0.05, 0.1) is 45.2 Å². The fourth-order valence-electron chi connectivity index (χ4n) is 3.67. The van der Waals surface area contributed by atoms with E-state index in [4.69, 9.17) is 20.8 Å². The molecule has 1 N–H and O–H groups in total. The Bertz CT molecular complexity index is 1510. The molecule has 2 aromatic heterocycles. The number of halogens is 4. The lowest BCUT2D eigenvalue weighted by Crippen LogP contribution is -2.13. The maximum Gasteiger partial charge on any atom is 0.416 e. The van der Waals surface area contributed by atoms with E-state index in [2.05, 4.69) is 10.4 Å². The molecule has 9 nitrogen and oxygen atoms in total. The zero-order chi connectivity index (χ0) is 27.6. The molecule has 0 aliphatic rings. The minimum absolute atomic E-state index is 0.0295. The number of nitro benzene ring substituents is 1. The Morgan fingerprint density at radius 3 is 2.66 bits per heavy atom. The maximum atomic E-state index is 13.0. The number of anilines is 1. The number of non-ortho nitro benzene ring substituents is 1. The second-order valence-corrected chi connectivity index (χ2v) is 8.69. The van der Waals surface area contributed by atoms with Crippen LogP contribution in [0, 0.1) is 24.0 Å². The number of furan rings is 1. The minimum atomic E-state index is -4.46. The molecule has 198 valence electrons. The highest BCUT2D eigenvalue weighted by Crippen LogP contribution is 2.31. The molecule has 13 heteroatoms. The summed E-state index contributed by atoms with van der Waals surface area (Å²) in [7, 11) is 0. The molecule has 38 heavy (non-hydrogen) atoms. The summed E-state index contributed by atoms with van der Waals surface area (Å²) >= 11 is 6.02. The van der Waals surface area contributed by atoms with Crippen molar-refractivity contribution in [1.29, 1.82) is 0 Å². The number of nitrogens with zero attached hydrogens (tertiary/aromatic N) is 3. The first-order valence-corrected chi connectivity index (χ1v) is 11.5. The van der Waals surface area contributed by atoms with Crippen molar-refractivity contribution in [3.05, 3.63) is 104 Å². The van der Waals surface area contributed by atoms with Crippen LogP contribution in [0.15, 0.2) is 59.0 Å². The summed E-state index contributed by atoms with van der Waals surface area (Å²) in [6, 6.07) is 11.7. The Kier molecular flexibility index (Phi) is 7.44. The average molecular weight is 549 g/mol. The van der Waals surface area contributed by atoms with Crippen molar-refractivity contribution < 1.29 is 32.0 Å². The number of carbonyl (C=O) groups excluding carboxylic acids is 1. The summed E-state index contributed by atoms with van der Waals surface area (Å²) in [5.74, 6) is -0.248. The number of nitro groups is 1. The van der Waals surface area contributed by atoms with Crippen molar-refractivity contribution in [2.24, 2.45) is 0 Å². The van der Waals surface area contributed by atoms with Crippen molar-refractivity contribution in [1.82, 2.24) is 9.78 Å². The normalized spacial score (nSPS) is 11.4. The van der Waals surface area contributed by atoms with Gasteiger partial charge in [-0.05, 0) is 49.7 Å². The Balaban J connectivity index is 1.43. The van der Waals surface area contributed by atoms with Crippen molar-refractivity contribution in [2.45, 2.75) is 33.2 Å². The lowest BCUT2D eigenvalue weighted by molar-refractivity contribution is -0.384. The van der Waals surface area contributed by atoms with Crippen LogP contribution in [0.3, 0.4) is 0 Å². The Labute approximate surface area is 218 Å². The summed E-state index contributed by atoms with van der Waals surface area (Å²) in [5.41, 5.74) is 0.878. The van der Waals surface area contributed by atoms with Crippen LogP contribution < -0.4 is 10.1 Å². The van der Waals surface area contributed by atoms with Gasteiger partial charge in [-0.25, -0.2) is 0 Å². The largest absolute Gasteiger partial charge is 0.484 e. The molecule has 2 aromatic carbocycles. The van der Waals surface area contributed by atoms with Gasteiger partial charge in [0.1, 0.15) is 18.1 Å². The number of carbonyl (C=O) groups is 1. The first-order valence-electron chi connectivity index (χ1n) is 11.1. The predicted molar refractivity (Wildman–Crippen MR) is 131 cm³/mol. The quantitative estimate of drug-likeness (QED) is 0.197. The summed E-state index contributed by atoms with van der Waals surface area (Å²) < 4.78 is 51.7. The van der Waals surface area contributed by atoms with Gasteiger partial charge in [0, 0.05) is 6.07 Å². The van der Waals surface area contributed by atoms with Crippen molar-refractivity contribution in [2.75, 3.05) is 5.32 Å². The van der Waals surface area contributed by atoms with Gasteiger partial charge in [-0.1, -0.05) is 23.7 Å². The van der Waals surface area contributed by atoms with Crippen molar-refractivity contribution in [3.63, 3.8) is 0 Å². The summed E-state index contributed by atoms with van der Waals surface area (Å²) in [6.07, 6.45) is -4.46. The van der Waals surface area contributed by atoms with Gasteiger partial charge < -0.3 is 14.5 Å². The minimum Gasteiger partial charge on any atom is -0.484 e.